The number of hydrogen-bond acceptors (Lipinski definition) is 5. The van der Waals surface area contributed by atoms with Gasteiger partial charge in [-0.1, -0.05) is 0 Å². The van der Waals surface area contributed by atoms with E-state index in [1.165, 1.54) is 30.5 Å². The zero-order chi connectivity index (χ0) is 22.0. The number of benzene rings is 2. The minimum atomic E-state index is -0.367. The summed E-state index contributed by atoms with van der Waals surface area (Å²) < 4.78 is 26.9. The second kappa shape index (κ2) is 8.53. The standard InChI is InChI=1S/C23H19F2N5O/c1-30(2)13-20(31)27-18-11-19-23(26-12-18)29-22(15-5-9-17(25)10-6-15)21(28-19)14-3-7-16(24)8-4-14/h3-12H,13H2,1-2H3,(H,27,31). The van der Waals surface area contributed by atoms with Gasteiger partial charge >= 0.3 is 0 Å². The van der Waals surface area contributed by atoms with Gasteiger partial charge in [-0.15, -0.1) is 0 Å². The fraction of sp³-hybridized carbons (Fsp3) is 0.130. The summed E-state index contributed by atoms with van der Waals surface area (Å²) in [4.78, 5) is 27.5. The van der Waals surface area contributed by atoms with E-state index in [0.717, 1.165) is 0 Å². The van der Waals surface area contributed by atoms with E-state index in [-0.39, 0.29) is 24.1 Å². The third-order valence-electron chi connectivity index (χ3n) is 4.50. The van der Waals surface area contributed by atoms with Crippen molar-refractivity contribution in [3.05, 3.63) is 72.4 Å². The van der Waals surface area contributed by atoms with Crippen LogP contribution in [0.4, 0.5) is 14.5 Å². The van der Waals surface area contributed by atoms with E-state index in [1.54, 1.807) is 49.3 Å². The zero-order valence-electron chi connectivity index (χ0n) is 16.9. The molecule has 1 N–H and O–H groups in total. The average Bonchev–Trinajstić information content (AvgIpc) is 2.73. The predicted octanol–water partition coefficient (Wildman–Crippen LogP) is 4.14. The molecule has 2 heterocycles. The van der Waals surface area contributed by atoms with E-state index in [2.05, 4.69) is 15.3 Å². The Kier molecular flexibility index (Phi) is 5.64. The lowest BCUT2D eigenvalue weighted by molar-refractivity contribution is -0.116. The van der Waals surface area contributed by atoms with Crippen molar-refractivity contribution in [2.45, 2.75) is 0 Å². The van der Waals surface area contributed by atoms with Crippen molar-refractivity contribution in [2.75, 3.05) is 26.0 Å². The zero-order valence-corrected chi connectivity index (χ0v) is 16.9. The SMILES string of the molecule is CN(C)CC(=O)Nc1cnc2nc(-c3ccc(F)cc3)c(-c3ccc(F)cc3)nc2c1. The maximum Gasteiger partial charge on any atom is 0.238 e. The van der Waals surface area contributed by atoms with Gasteiger partial charge in [-0.25, -0.2) is 23.7 Å². The van der Waals surface area contributed by atoms with Gasteiger partial charge in [0.25, 0.3) is 0 Å². The van der Waals surface area contributed by atoms with Crippen molar-refractivity contribution in [1.29, 1.82) is 0 Å². The van der Waals surface area contributed by atoms with Crippen LogP contribution < -0.4 is 5.32 Å². The highest BCUT2D eigenvalue weighted by Gasteiger charge is 2.15. The van der Waals surface area contributed by atoms with E-state index < -0.39 is 0 Å². The molecule has 6 nitrogen and oxygen atoms in total. The summed E-state index contributed by atoms with van der Waals surface area (Å²) in [6.45, 7) is 0.230. The van der Waals surface area contributed by atoms with Crippen LogP contribution in [0.1, 0.15) is 0 Å². The first kappa shape index (κ1) is 20.5. The number of likely N-dealkylation sites (N-methyl/N-ethyl adjacent to an activating group) is 1. The first-order valence-electron chi connectivity index (χ1n) is 9.53. The molecule has 4 aromatic rings. The third-order valence-corrected chi connectivity index (χ3v) is 4.50. The molecular weight excluding hydrogens is 400 g/mol. The number of rotatable bonds is 5. The van der Waals surface area contributed by atoms with Crippen molar-refractivity contribution in [2.24, 2.45) is 0 Å². The van der Waals surface area contributed by atoms with Crippen molar-refractivity contribution >= 4 is 22.8 Å². The highest BCUT2D eigenvalue weighted by molar-refractivity contribution is 5.94. The Balaban J connectivity index is 1.83. The molecule has 156 valence electrons. The maximum atomic E-state index is 13.5. The second-order valence-corrected chi connectivity index (χ2v) is 7.29. The fourth-order valence-corrected chi connectivity index (χ4v) is 3.12. The van der Waals surface area contributed by atoms with Crippen LogP contribution in [0.25, 0.3) is 33.7 Å². The van der Waals surface area contributed by atoms with Crippen LogP contribution in [0.15, 0.2) is 60.8 Å². The van der Waals surface area contributed by atoms with Crippen LogP contribution in [0.3, 0.4) is 0 Å². The Hall–Kier alpha value is -3.78. The topological polar surface area (TPSA) is 71.0 Å². The lowest BCUT2D eigenvalue weighted by Gasteiger charge is -2.12. The number of nitrogens with one attached hydrogen (secondary N) is 1. The van der Waals surface area contributed by atoms with Gasteiger partial charge in [0, 0.05) is 11.1 Å². The summed E-state index contributed by atoms with van der Waals surface area (Å²) in [6.07, 6.45) is 1.51. The van der Waals surface area contributed by atoms with Gasteiger partial charge in [0.2, 0.25) is 5.91 Å². The molecule has 0 aliphatic heterocycles. The quantitative estimate of drug-likeness (QED) is 0.527. The predicted molar refractivity (Wildman–Crippen MR) is 115 cm³/mol. The number of nitrogens with zero attached hydrogens (tertiary/aromatic N) is 4. The van der Waals surface area contributed by atoms with Gasteiger partial charge in [0.1, 0.15) is 17.2 Å². The molecule has 0 bridgehead atoms. The molecule has 8 heteroatoms. The van der Waals surface area contributed by atoms with Crippen molar-refractivity contribution in [1.82, 2.24) is 19.9 Å². The number of carbonyl (C=O) groups is 1. The molecule has 0 saturated heterocycles. The van der Waals surface area contributed by atoms with Gasteiger partial charge < -0.3 is 10.2 Å². The molecule has 2 aromatic carbocycles. The largest absolute Gasteiger partial charge is 0.324 e. The summed E-state index contributed by atoms with van der Waals surface area (Å²) in [6, 6.07) is 13.5. The van der Waals surface area contributed by atoms with E-state index in [9.17, 15) is 13.6 Å². The van der Waals surface area contributed by atoms with Gasteiger partial charge in [-0.05, 0) is 68.7 Å². The van der Waals surface area contributed by atoms with Crippen LogP contribution in [-0.2, 0) is 4.79 Å². The Morgan fingerprint density at radius 2 is 1.45 bits per heavy atom. The summed E-state index contributed by atoms with van der Waals surface area (Å²) in [5.41, 5.74) is 3.63. The van der Waals surface area contributed by atoms with Gasteiger partial charge in [0.15, 0.2) is 5.65 Å². The first-order valence-corrected chi connectivity index (χ1v) is 9.53. The summed E-state index contributed by atoms with van der Waals surface area (Å²) >= 11 is 0. The Morgan fingerprint density at radius 1 is 0.903 bits per heavy atom. The molecule has 0 aliphatic rings. The number of amides is 1. The van der Waals surface area contributed by atoms with E-state index in [1.807, 2.05) is 0 Å². The Bertz CT molecular complexity index is 1240. The van der Waals surface area contributed by atoms with Crippen molar-refractivity contribution < 1.29 is 13.6 Å². The molecule has 0 radical (unpaired) electrons. The highest BCUT2D eigenvalue weighted by Crippen LogP contribution is 2.31. The number of carbonyl (C=O) groups excluding carboxylic acids is 1. The third kappa shape index (κ3) is 4.70. The van der Waals surface area contributed by atoms with Gasteiger partial charge in [-0.2, -0.15) is 0 Å². The second-order valence-electron chi connectivity index (χ2n) is 7.29. The van der Waals surface area contributed by atoms with E-state index in [4.69, 9.17) is 4.98 Å². The molecule has 4 rings (SSSR count). The number of halogens is 2. The van der Waals surface area contributed by atoms with Crippen molar-refractivity contribution in [3.8, 4) is 22.5 Å². The molecule has 2 aromatic heterocycles. The number of pyridine rings is 1. The summed E-state index contributed by atoms with van der Waals surface area (Å²) in [5.74, 6) is -0.911. The molecule has 0 saturated carbocycles. The van der Waals surface area contributed by atoms with Crippen LogP contribution in [-0.4, -0.2) is 46.4 Å². The fourth-order valence-electron chi connectivity index (χ4n) is 3.12. The number of aromatic nitrogens is 3. The molecule has 0 aliphatic carbocycles. The molecule has 1 amide bonds. The summed E-state index contributed by atoms with van der Waals surface area (Å²) in [5, 5.41) is 2.78. The molecular formula is C23H19F2N5O. The monoisotopic (exact) mass is 419 g/mol. The van der Waals surface area contributed by atoms with Crippen LogP contribution in [0.2, 0.25) is 0 Å². The lowest BCUT2D eigenvalue weighted by Crippen LogP contribution is -2.27. The molecule has 0 fully saturated rings. The Morgan fingerprint density at radius 3 is 2.00 bits per heavy atom. The summed E-state index contributed by atoms with van der Waals surface area (Å²) in [7, 11) is 3.60. The van der Waals surface area contributed by atoms with Gasteiger partial charge in [-0.3, -0.25) is 4.79 Å². The van der Waals surface area contributed by atoms with Crippen molar-refractivity contribution in [3.63, 3.8) is 0 Å². The van der Waals surface area contributed by atoms with E-state index in [0.29, 0.717) is 39.4 Å². The van der Waals surface area contributed by atoms with Crippen LogP contribution in [0, 0.1) is 11.6 Å². The maximum absolute atomic E-state index is 13.5. The van der Waals surface area contributed by atoms with Crippen LogP contribution >= 0.6 is 0 Å². The number of hydrogen-bond donors (Lipinski definition) is 1. The normalized spacial score (nSPS) is 11.1. The Labute approximate surface area is 177 Å². The highest BCUT2D eigenvalue weighted by atomic mass is 19.1. The minimum Gasteiger partial charge on any atom is -0.324 e. The average molecular weight is 419 g/mol. The lowest BCUT2D eigenvalue weighted by atomic mass is 10.0. The molecule has 0 spiro atoms. The minimum absolute atomic E-state index is 0.180. The molecule has 31 heavy (non-hydrogen) atoms. The first-order chi connectivity index (χ1) is 14.9. The van der Waals surface area contributed by atoms with Crippen LogP contribution in [0.5, 0.6) is 0 Å². The smallest absolute Gasteiger partial charge is 0.238 e. The molecule has 0 atom stereocenters. The number of fused-ring (bicyclic) bond motifs is 1. The van der Waals surface area contributed by atoms with Gasteiger partial charge in [0.05, 0.1) is 29.8 Å². The number of anilines is 1. The van der Waals surface area contributed by atoms with E-state index >= 15 is 0 Å². The molecule has 0 unspecified atom stereocenters.